The lowest BCUT2D eigenvalue weighted by molar-refractivity contribution is -0.122. The highest BCUT2D eigenvalue weighted by Crippen LogP contribution is 2.18. The lowest BCUT2D eigenvalue weighted by Crippen LogP contribution is -2.59. The molecule has 7 heteroatoms. The minimum atomic E-state index is -0.546. The van der Waals surface area contributed by atoms with Gasteiger partial charge in [0.25, 0.3) is 0 Å². The van der Waals surface area contributed by atoms with Crippen LogP contribution in [0.1, 0.15) is 48.5 Å². The first-order chi connectivity index (χ1) is 11.3. The van der Waals surface area contributed by atoms with Crippen molar-refractivity contribution in [3.8, 4) is 0 Å². The molecular weight excluding hydrogens is 322 g/mol. The summed E-state index contributed by atoms with van der Waals surface area (Å²) in [7, 11) is 1.67. The molecule has 0 aliphatic carbocycles. The molecule has 2 atom stereocenters. The van der Waals surface area contributed by atoms with E-state index < -0.39 is 11.6 Å². The number of urea groups is 1. The van der Waals surface area contributed by atoms with E-state index in [0.717, 1.165) is 0 Å². The van der Waals surface area contributed by atoms with Gasteiger partial charge in [0, 0.05) is 32.7 Å². The lowest BCUT2D eigenvalue weighted by atomic mass is 9.99. The predicted octanol–water partition coefficient (Wildman–Crippen LogP) is 2.59. The molecule has 1 heterocycles. The summed E-state index contributed by atoms with van der Waals surface area (Å²) < 4.78 is 5.42. The SMILES string of the molecule is CC(=O)[C@H](C(C)C)N(C)C(=O)N1CCN(C(=O)OC(C)(C)C)[C@@H](C)C1. The van der Waals surface area contributed by atoms with Gasteiger partial charge in [-0.2, -0.15) is 0 Å². The van der Waals surface area contributed by atoms with Gasteiger partial charge < -0.3 is 19.4 Å². The second-order valence-corrected chi connectivity index (χ2v) is 8.16. The highest BCUT2D eigenvalue weighted by molar-refractivity contribution is 5.87. The van der Waals surface area contributed by atoms with Crippen LogP contribution in [0, 0.1) is 5.92 Å². The summed E-state index contributed by atoms with van der Waals surface area (Å²) >= 11 is 0. The zero-order valence-corrected chi connectivity index (χ0v) is 16.8. The van der Waals surface area contributed by atoms with Gasteiger partial charge in [-0.25, -0.2) is 9.59 Å². The Labute approximate surface area is 151 Å². The van der Waals surface area contributed by atoms with E-state index in [1.54, 1.807) is 16.8 Å². The highest BCUT2D eigenvalue weighted by Gasteiger charge is 2.35. The van der Waals surface area contributed by atoms with E-state index in [2.05, 4.69) is 0 Å². The van der Waals surface area contributed by atoms with Crippen molar-refractivity contribution in [3.63, 3.8) is 0 Å². The number of piperazine rings is 1. The first-order valence-corrected chi connectivity index (χ1v) is 8.87. The molecule has 0 aromatic rings. The van der Waals surface area contributed by atoms with Crippen LogP contribution < -0.4 is 0 Å². The number of amides is 3. The maximum atomic E-state index is 12.8. The molecule has 1 fully saturated rings. The molecule has 0 aromatic carbocycles. The summed E-state index contributed by atoms with van der Waals surface area (Å²) in [6.07, 6.45) is -0.357. The zero-order valence-electron chi connectivity index (χ0n) is 16.8. The summed E-state index contributed by atoms with van der Waals surface area (Å²) in [5, 5.41) is 0. The Kier molecular flexibility index (Phi) is 6.85. The number of hydrogen-bond donors (Lipinski definition) is 0. The predicted molar refractivity (Wildman–Crippen MR) is 96.4 cm³/mol. The fourth-order valence-electron chi connectivity index (χ4n) is 3.25. The Hall–Kier alpha value is -1.79. The molecule has 0 aromatic heterocycles. The van der Waals surface area contributed by atoms with E-state index in [4.69, 9.17) is 4.74 Å². The minimum absolute atomic E-state index is 0.0220. The van der Waals surface area contributed by atoms with Gasteiger partial charge in [-0.05, 0) is 40.5 Å². The zero-order chi connectivity index (χ0) is 19.5. The number of hydrogen-bond acceptors (Lipinski definition) is 4. The summed E-state index contributed by atoms with van der Waals surface area (Å²) in [5.41, 5.74) is -0.546. The molecule has 0 spiro atoms. The Morgan fingerprint density at radius 2 is 1.72 bits per heavy atom. The lowest BCUT2D eigenvalue weighted by Gasteiger charge is -2.42. The molecule has 1 saturated heterocycles. The summed E-state index contributed by atoms with van der Waals surface area (Å²) in [5.74, 6) is 0.0261. The fourth-order valence-corrected chi connectivity index (χ4v) is 3.25. The van der Waals surface area contributed by atoms with Crippen molar-refractivity contribution >= 4 is 17.9 Å². The second-order valence-electron chi connectivity index (χ2n) is 8.16. The smallest absolute Gasteiger partial charge is 0.410 e. The number of likely N-dealkylation sites (N-methyl/N-ethyl adjacent to an activating group) is 1. The van der Waals surface area contributed by atoms with Gasteiger partial charge in [-0.15, -0.1) is 0 Å². The van der Waals surface area contributed by atoms with Crippen LogP contribution in [0.25, 0.3) is 0 Å². The van der Waals surface area contributed by atoms with Crippen LogP contribution in [0.4, 0.5) is 9.59 Å². The van der Waals surface area contributed by atoms with E-state index in [1.165, 1.54) is 11.8 Å². The van der Waals surface area contributed by atoms with Crippen molar-refractivity contribution in [1.29, 1.82) is 0 Å². The number of carbonyl (C=O) groups is 3. The highest BCUT2D eigenvalue weighted by atomic mass is 16.6. The van der Waals surface area contributed by atoms with Crippen molar-refractivity contribution in [3.05, 3.63) is 0 Å². The summed E-state index contributed by atoms with van der Waals surface area (Å²) in [6, 6.07) is -0.757. The molecule has 0 unspecified atom stereocenters. The van der Waals surface area contributed by atoms with E-state index in [1.807, 2.05) is 41.5 Å². The van der Waals surface area contributed by atoms with Gasteiger partial charge in [0.15, 0.2) is 5.78 Å². The Morgan fingerprint density at radius 3 is 2.12 bits per heavy atom. The number of ether oxygens (including phenoxy) is 1. The molecule has 1 rings (SSSR count). The van der Waals surface area contributed by atoms with Gasteiger partial charge in [0.1, 0.15) is 5.60 Å². The van der Waals surface area contributed by atoms with E-state index in [9.17, 15) is 14.4 Å². The third-order valence-electron chi connectivity index (χ3n) is 4.29. The van der Waals surface area contributed by atoms with Crippen LogP contribution >= 0.6 is 0 Å². The quantitative estimate of drug-likeness (QED) is 0.780. The molecule has 144 valence electrons. The topological polar surface area (TPSA) is 70.2 Å². The van der Waals surface area contributed by atoms with Gasteiger partial charge >= 0.3 is 12.1 Å². The average molecular weight is 355 g/mol. The molecule has 0 bridgehead atoms. The minimum Gasteiger partial charge on any atom is -0.444 e. The average Bonchev–Trinajstić information content (AvgIpc) is 2.43. The van der Waals surface area contributed by atoms with Gasteiger partial charge in [0.05, 0.1) is 6.04 Å². The van der Waals surface area contributed by atoms with Crippen LogP contribution in [0.2, 0.25) is 0 Å². The fraction of sp³-hybridized carbons (Fsp3) is 0.833. The van der Waals surface area contributed by atoms with Crippen LogP contribution in [-0.2, 0) is 9.53 Å². The molecule has 0 saturated carbocycles. The van der Waals surface area contributed by atoms with Crippen molar-refractivity contribution < 1.29 is 19.1 Å². The number of ketones is 1. The van der Waals surface area contributed by atoms with Gasteiger partial charge in [-0.3, -0.25) is 4.79 Å². The molecule has 3 amide bonds. The van der Waals surface area contributed by atoms with E-state index >= 15 is 0 Å². The monoisotopic (exact) mass is 355 g/mol. The van der Waals surface area contributed by atoms with E-state index in [-0.39, 0.29) is 29.9 Å². The number of carbonyl (C=O) groups excluding carboxylic acids is 3. The summed E-state index contributed by atoms with van der Waals surface area (Å²) in [4.78, 5) is 41.8. The largest absolute Gasteiger partial charge is 0.444 e. The van der Waals surface area contributed by atoms with Crippen molar-refractivity contribution in [2.75, 3.05) is 26.7 Å². The normalized spacial score (nSPS) is 19.6. The molecule has 0 radical (unpaired) electrons. The summed E-state index contributed by atoms with van der Waals surface area (Å²) in [6.45, 7) is 14.0. The maximum absolute atomic E-state index is 12.8. The Balaban J connectivity index is 2.74. The van der Waals surface area contributed by atoms with Crippen molar-refractivity contribution in [2.45, 2.75) is 66.2 Å². The van der Waals surface area contributed by atoms with Crippen molar-refractivity contribution in [2.24, 2.45) is 5.92 Å². The molecule has 25 heavy (non-hydrogen) atoms. The van der Waals surface area contributed by atoms with Crippen LogP contribution in [0.5, 0.6) is 0 Å². The molecular formula is C18H33N3O4. The Bertz CT molecular complexity index is 513. The van der Waals surface area contributed by atoms with Gasteiger partial charge in [0.2, 0.25) is 0 Å². The molecule has 1 aliphatic heterocycles. The van der Waals surface area contributed by atoms with Crippen molar-refractivity contribution in [1.82, 2.24) is 14.7 Å². The second kappa shape index (κ2) is 8.06. The van der Waals surface area contributed by atoms with E-state index in [0.29, 0.717) is 19.6 Å². The van der Waals surface area contributed by atoms with Crippen LogP contribution in [-0.4, -0.2) is 77.0 Å². The van der Waals surface area contributed by atoms with Gasteiger partial charge in [-0.1, -0.05) is 13.8 Å². The third kappa shape index (κ3) is 5.61. The third-order valence-corrected chi connectivity index (χ3v) is 4.29. The standard InChI is InChI=1S/C18H33N3O4/c1-12(2)15(14(4)22)19(8)16(23)20-9-10-21(13(3)11-20)17(24)25-18(5,6)7/h12-13,15H,9-11H2,1-8H3/t13-,15-/m0/s1. The Morgan fingerprint density at radius 1 is 1.16 bits per heavy atom. The first-order valence-electron chi connectivity index (χ1n) is 8.87. The number of rotatable bonds is 3. The number of Topliss-reactive ketones (excluding diaryl/α,β-unsaturated/α-hetero) is 1. The molecule has 7 nitrogen and oxygen atoms in total. The maximum Gasteiger partial charge on any atom is 0.410 e. The molecule has 0 N–H and O–H groups in total. The number of nitrogens with zero attached hydrogens (tertiary/aromatic N) is 3. The molecule has 1 aliphatic rings. The first kappa shape index (κ1) is 21.3. The van der Waals surface area contributed by atoms with Crippen LogP contribution in [0.3, 0.4) is 0 Å². The van der Waals surface area contributed by atoms with Crippen LogP contribution in [0.15, 0.2) is 0 Å².